The van der Waals surface area contributed by atoms with Crippen molar-refractivity contribution < 1.29 is 14.5 Å². The summed E-state index contributed by atoms with van der Waals surface area (Å²) in [6, 6.07) is 13.4. The Balaban J connectivity index is 1.37. The van der Waals surface area contributed by atoms with Gasteiger partial charge >= 0.3 is 0 Å². The minimum absolute atomic E-state index is 0.0468. The monoisotopic (exact) mass is 394 g/mol. The summed E-state index contributed by atoms with van der Waals surface area (Å²) in [4.78, 5) is 41.5. The first-order valence-electron chi connectivity index (χ1n) is 9.63. The average molecular weight is 394 g/mol. The molecular weight excluding hydrogens is 372 g/mol. The topological polar surface area (TPSA) is 87.0 Å². The first-order valence-corrected chi connectivity index (χ1v) is 9.63. The van der Waals surface area contributed by atoms with E-state index in [-0.39, 0.29) is 17.5 Å². The number of nitrogens with zero attached hydrogens (tertiary/aromatic N) is 4. The molecule has 0 unspecified atom stereocenters. The Morgan fingerprint density at radius 2 is 1.69 bits per heavy atom. The number of piperazine rings is 1. The van der Waals surface area contributed by atoms with Crippen LogP contribution in [-0.2, 0) is 11.3 Å². The Hall–Kier alpha value is -3.42. The zero-order chi connectivity index (χ0) is 20.5. The second-order valence-corrected chi connectivity index (χ2v) is 7.35. The maximum absolute atomic E-state index is 13.0. The summed E-state index contributed by atoms with van der Waals surface area (Å²) in [7, 11) is 0. The summed E-state index contributed by atoms with van der Waals surface area (Å²) < 4.78 is 0. The Bertz CT molecular complexity index is 951. The van der Waals surface area contributed by atoms with Gasteiger partial charge in [0.1, 0.15) is 6.04 Å². The van der Waals surface area contributed by atoms with Crippen LogP contribution < -0.4 is 4.90 Å². The number of hydrogen-bond donors (Lipinski definition) is 0. The zero-order valence-electron chi connectivity index (χ0n) is 16.2. The van der Waals surface area contributed by atoms with Crippen molar-refractivity contribution >= 4 is 23.2 Å². The number of rotatable bonds is 4. The molecule has 2 amide bonds. The highest BCUT2D eigenvalue weighted by atomic mass is 16.6. The predicted molar refractivity (Wildman–Crippen MR) is 108 cm³/mol. The molecule has 2 aromatic carbocycles. The number of fused-ring (bicyclic) bond motifs is 1. The van der Waals surface area contributed by atoms with Gasteiger partial charge in [-0.25, -0.2) is 0 Å². The highest BCUT2D eigenvalue weighted by molar-refractivity contribution is 6.01. The van der Waals surface area contributed by atoms with Crippen molar-refractivity contribution in [3.05, 3.63) is 69.8 Å². The molecule has 2 aromatic rings. The van der Waals surface area contributed by atoms with Crippen LogP contribution in [0.1, 0.15) is 22.8 Å². The molecule has 8 nitrogen and oxygen atoms in total. The van der Waals surface area contributed by atoms with Gasteiger partial charge in [0, 0.05) is 56.1 Å². The summed E-state index contributed by atoms with van der Waals surface area (Å²) in [5.41, 5.74) is 2.60. The van der Waals surface area contributed by atoms with E-state index in [2.05, 4.69) is 4.90 Å². The molecule has 0 aromatic heterocycles. The van der Waals surface area contributed by atoms with Crippen molar-refractivity contribution in [3.8, 4) is 0 Å². The van der Waals surface area contributed by atoms with Crippen LogP contribution in [0.4, 0.5) is 11.4 Å². The third-order valence-electron chi connectivity index (χ3n) is 5.69. The molecule has 1 fully saturated rings. The van der Waals surface area contributed by atoms with Gasteiger partial charge < -0.3 is 14.7 Å². The number of nitro benzene ring substituents is 1. The van der Waals surface area contributed by atoms with E-state index in [1.54, 1.807) is 34.9 Å². The molecule has 0 N–H and O–H groups in total. The highest BCUT2D eigenvalue weighted by Crippen LogP contribution is 2.26. The number of hydrogen-bond acceptors (Lipinski definition) is 5. The number of carbonyl (C=O) groups is 2. The summed E-state index contributed by atoms with van der Waals surface area (Å²) in [5.74, 6) is -0.138. The normalized spacial score (nSPS) is 17.3. The van der Waals surface area contributed by atoms with Gasteiger partial charge in [-0.3, -0.25) is 19.7 Å². The smallest absolute Gasteiger partial charge is 0.269 e. The fourth-order valence-electron chi connectivity index (χ4n) is 3.96. The third-order valence-corrected chi connectivity index (χ3v) is 5.69. The van der Waals surface area contributed by atoms with E-state index >= 15 is 0 Å². The van der Waals surface area contributed by atoms with Gasteiger partial charge in [-0.2, -0.15) is 0 Å². The molecule has 0 spiro atoms. The molecule has 29 heavy (non-hydrogen) atoms. The standard InChI is InChI=1S/C21H22N4O4/c1-15(24-14-16-4-2-3-5-19(16)21(24)27)20(26)23-12-10-22(11-13-23)17-6-8-18(9-7-17)25(28)29/h2-9,15H,10-14H2,1H3/t15-/m0/s1. The van der Waals surface area contributed by atoms with Crippen molar-refractivity contribution in [2.24, 2.45) is 0 Å². The van der Waals surface area contributed by atoms with E-state index in [0.717, 1.165) is 11.3 Å². The molecule has 1 saturated heterocycles. The van der Waals surface area contributed by atoms with Crippen molar-refractivity contribution in [2.75, 3.05) is 31.1 Å². The fraction of sp³-hybridized carbons (Fsp3) is 0.333. The lowest BCUT2D eigenvalue weighted by Crippen LogP contribution is -2.54. The Kier molecular flexibility index (Phi) is 4.92. The molecule has 0 aliphatic carbocycles. The number of amides is 2. The number of nitro groups is 1. The van der Waals surface area contributed by atoms with E-state index < -0.39 is 11.0 Å². The molecule has 150 valence electrons. The third kappa shape index (κ3) is 3.53. The molecule has 1 atom stereocenters. The number of anilines is 1. The summed E-state index contributed by atoms with van der Waals surface area (Å²) in [6.45, 7) is 4.64. The number of carbonyl (C=O) groups excluding carboxylic acids is 2. The van der Waals surface area contributed by atoms with Crippen molar-refractivity contribution in [1.29, 1.82) is 0 Å². The van der Waals surface area contributed by atoms with Gasteiger partial charge in [0.15, 0.2) is 0 Å². The minimum Gasteiger partial charge on any atom is -0.368 e. The maximum atomic E-state index is 13.0. The lowest BCUT2D eigenvalue weighted by molar-refractivity contribution is -0.384. The van der Waals surface area contributed by atoms with Crippen LogP contribution >= 0.6 is 0 Å². The number of benzene rings is 2. The molecule has 2 heterocycles. The molecule has 2 aliphatic heterocycles. The Morgan fingerprint density at radius 1 is 1.03 bits per heavy atom. The SMILES string of the molecule is C[C@@H](C(=O)N1CCN(c2ccc([N+](=O)[O-])cc2)CC1)N1Cc2ccccc2C1=O. The van der Waals surface area contributed by atoms with Gasteiger partial charge in [0.25, 0.3) is 11.6 Å². The van der Waals surface area contributed by atoms with E-state index in [1.165, 1.54) is 12.1 Å². The van der Waals surface area contributed by atoms with E-state index in [9.17, 15) is 19.7 Å². The zero-order valence-corrected chi connectivity index (χ0v) is 16.2. The number of non-ortho nitro benzene ring substituents is 1. The van der Waals surface area contributed by atoms with Crippen LogP contribution in [0.5, 0.6) is 0 Å². The van der Waals surface area contributed by atoms with E-state index in [4.69, 9.17) is 0 Å². The van der Waals surface area contributed by atoms with Crippen molar-refractivity contribution in [3.63, 3.8) is 0 Å². The predicted octanol–water partition coefficient (Wildman–Crippen LogP) is 2.29. The van der Waals surface area contributed by atoms with E-state index in [0.29, 0.717) is 38.3 Å². The van der Waals surface area contributed by atoms with Crippen LogP contribution in [0.25, 0.3) is 0 Å². The van der Waals surface area contributed by atoms with Gasteiger partial charge in [-0.05, 0) is 30.7 Å². The lowest BCUT2D eigenvalue weighted by Gasteiger charge is -2.38. The minimum atomic E-state index is -0.513. The Morgan fingerprint density at radius 3 is 2.31 bits per heavy atom. The van der Waals surface area contributed by atoms with Gasteiger partial charge in [-0.15, -0.1) is 0 Å². The van der Waals surface area contributed by atoms with E-state index in [1.807, 2.05) is 18.2 Å². The molecule has 2 aliphatic rings. The van der Waals surface area contributed by atoms with Gasteiger partial charge in [0.2, 0.25) is 5.91 Å². The quantitative estimate of drug-likeness (QED) is 0.587. The first kappa shape index (κ1) is 18.9. The average Bonchev–Trinajstić information content (AvgIpc) is 3.09. The summed E-state index contributed by atoms with van der Waals surface area (Å²) in [6.07, 6.45) is 0. The fourth-order valence-corrected chi connectivity index (χ4v) is 3.96. The summed E-state index contributed by atoms with van der Waals surface area (Å²) >= 11 is 0. The molecule has 0 radical (unpaired) electrons. The molecular formula is C21H22N4O4. The largest absolute Gasteiger partial charge is 0.368 e. The molecule has 0 bridgehead atoms. The highest BCUT2D eigenvalue weighted by Gasteiger charge is 2.36. The second-order valence-electron chi connectivity index (χ2n) is 7.35. The molecule has 8 heteroatoms. The summed E-state index contributed by atoms with van der Waals surface area (Å²) in [5, 5.41) is 10.8. The van der Waals surface area contributed by atoms with Crippen LogP contribution in [0, 0.1) is 10.1 Å². The van der Waals surface area contributed by atoms with Gasteiger partial charge in [-0.1, -0.05) is 18.2 Å². The van der Waals surface area contributed by atoms with Crippen LogP contribution in [0.2, 0.25) is 0 Å². The lowest BCUT2D eigenvalue weighted by atomic mass is 10.1. The van der Waals surface area contributed by atoms with Crippen molar-refractivity contribution in [1.82, 2.24) is 9.80 Å². The molecule has 0 saturated carbocycles. The van der Waals surface area contributed by atoms with Gasteiger partial charge in [0.05, 0.1) is 4.92 Å². The van der Waals surface area contributed by atoms with Crippen molar-refractivity contribution in [2.45, 2.75) is 19.5 Å². The first-order chi connectivity index (χ1) is 14.0. The maximum Gasteiger partial charge on any atom is 0.269 e. The van der Waals surface area contributed by atoms with Crippen LogP contribution in [0.15, 0.2) is 48.5 Å². The Labute approximate surface area is 168 Å². The van der Waals surface area contributed by atoms with Crippen LogP contribution in [-0.4, -0.2) is 58.8 Å². The molecule has 4 rings (SSSR count). The van der Waals surface area contributed by atoms with Crippen LogP contribution in [0.3, 0.4) is 0 Å². The second kappa shape index (κ2) is 7.54.